The van der Waals surface area contributed by atoms with Gasteiger partial charge in [-0.1, -0.05) is 72.8 Å². The van der Waals surface area contributed by atoms with Gasteiger partial charge in [-0.15, -0.1) is 0 Å². The lowest BCUT2D eigenvalue weighted by atomic mass is 10.1. The maximum absolute atomic E-state index is 10.9. The molecule has 0 spiro atoms. The van der Waals surface area contributed by atoms with Gasteiger partial charge in [-0.3, -0.25) is 0 Å². The summed E-state index contributed by atoms with van der Waals surface area (Å²) in [5.41, 5.74) is 3.45. The van der Waals surface area contributed by atoms with Gasteiger partial charge in [-0.2, -0.15) is 0 Å². The number of rotatable bonds is 4. The zero-order chi connectivity index (χ0) is 17.9. The number of carboxylic acids is 1. The lowest BCUT2D eigenvalue weighted by Crippen LogP contribution is -2.21. The molecule has 4 aromatic rings. The molecule has 1 heterocycles. The van der Waals surface area contributed by atoms with E-state index in [1.54, 1.807) is 12.1 Å². The number of hydrogen-bond acceptors (Lipinski definition) is 4. The van der Waals surface area contributed by atoms with E-state index in [-0.39, 0.29) is 5.56 Å². The minimum Gasteiger partial charge on any atom is -0.545 e. The Kier molecular flexibility index (Phi) is 4.07. The van der Waals surface area contributed by atoms with Crippen LogP contribution in [0.2, 0.25) is 0 Å². The predicted octanol–water partition coefficient (Wildman–Crippen LogP) is 4.04. The van der Waals surface area contributed by atoms with Crippen molar-refractivity contribution in [1.29, 1.82) is 0 Å². The Labute approximate surface area is 150 Å². The monoisotopic (exact) mass is 340 g/mol. The first kappa shape index (κ1) is 15.8. The van der Waals surface area contributed by atoms with Crippen LogP contribution < -0.4 is 5.11 Å². The zero-order valence-corrected chi connectivity index (χ0v) is 13.8. The average molecular weight is 340 g/mol. The van der Waals surface area contributed by atoms with Crippen molar-refractivity contribution in [3.05, 3.63) is 90.5 Å². The molecule has 0 radical (unpaired) electrons. The molecule has 4 nitrogen and oxygen atoms in total. The first-order valence-corrected chi connectivity index (χ1v) is 8.16. The van der Waals surface area contributed by atoms with Crippen LogP contribution in [0.1, 0.15) is 10.4 Å². The van der Waals surface area contributed by atoms with Gasteiger partial charge in [-0.25, -0.2) is 4.98 Å². The minimum atomic E-state index is -1.21. The summed E-state index contributed by atoms with van der Waals surface area (Å²) < 4.78 is 6.07. The molecule has 4 rings (SSSR count). The predicted molar refractivity (Wildman–Crippen MR) is 97.1 cm³/mol. The van der Waals surface area contributed by atoms with Crippen molar-refractivity contribution in [1.82, 2.24) is 4.98 Å². The molecule has 3 aromatic carbocycles. The number of nitrogens with zero attached hydrogens (tertiary/aromatic N) is 1. The molecule has 0 aliphatic rings. The van der Waals surface area contributed by atoms with Crippen molar-refractivity contribution in [3.8, 4) is 34.0 Å². The van der Waals surface area contributed by atoms with E-state index < -0.39 is 5.97 Å². The number of carbonyl (C=O) groups is 1. The number of hydrogen-bond donors (Lipinski definition) is 0. The highest BCUT2D eigenvalue weighted by Crippen LogP contribution is 2.35. The molecule has 4 heteroatoms. The van der Waals surface area contributed by atoms with E-state index in [0.717, 1.165) is 16.8 Å². The van der Waals surface area contributed by atoms with Gasteiger partial charge < -0.3 is 14.3 Å². The van der Waals surface area contributed by atoms with Gasteiger partial charge in [0.2, 0.25) is 5.89 Å². The van der Waals surface area contributed by atoms with Gasteiger partial charge in [-0.05, 0) is 17.7 Å². The second kappa shape index (κ2) is 6.69. The highest BCUT2D eigenvalue weighted by Gasteiger charge is 2.17. The van der Waals surface area contributed by atoms with Crippen molar-refractivity contribution in [3.63, 3.8) is 0 Å². The summed E-state index contributed by atoms with van der Waals surface area (Å²) in [5.74, 6) is -0.0951. The normalized spacial score (nSPS) is 10.6. The summed E-state index contributed by atoms with van der Waals surface area (Å²) in [7, 11) is 0. The molecule has 0 saturated heterocycles. The standard InChI is InChI=1S/C22H15NO3/c24-22(25)18-13-11-17(12-14-18)21-23-19(15-7-3-1-4-8-15)20(26-21)16-9-5-2-6-10-16/h1-14H,(H,24,25)/p-1. The molecule has 126 valence electrons. The molecular weight excluding hydrogens is 326 g/mol. The number of carboxylic acid groups (broad SMARTS) is 1. The molecule has 0 fully saturated rings. The Hall–Kier alpha value is -3.66. The van der Waals surface area contributed by atoms with Gasteiger partial charge in [0, 0.05) is 16.7 Å². The molecule has 1 aromatic heterocycles. The van der Waals surface area contributed by atoms with Crippen molar-refractivity contribution in [2.45, 2.75) is 0 Å². The van der Waals surface area contributed by atoms with Gasteiger partial charge >= 0.3 is 0 Å². The smallest absolute Gasteiger partial charge is 0.227 e. The fourth-order valence-corrected chi connectivity index (χ4v) is 2.77. The summed E-state index contributed by atoms with van der Waals surface area (Å²) in [4.78, 5) is 15.6. The van der Waals surface area contributed by atoms with Crippen LogP contribution in [0.3, 0.4) is 0 Å². The largest absolute Gasteiger partial charge is 0.545 e. The summed E-state index contributed by atoms with van der Waals surface area (Å²) in [6.07, 6.45) is 0. The van der Waals surface area contributed by atoms with E-state index in [1.165, 1.54) is 12.1 Å². The fraction of sp³-hybridized carbons (Fsp3) is 0. The molecule has 0 saturated carbocycles. The second-order valence-electron chi connectivity index (χ2n) is 5.79. The minimum absolute atomic E-state index is 0.117. The van der Waals surface area contributed by atoms with E-state index in [2.05, 4.69) is 4.98 Å². The van der Waals surface area contributed by atoms with Gasteiger partial charge in [0.25, 0.3) is 0 Å². The van der Waals surface area contributed by atoms with Crippen LogP contribution in [0.15, 0.2) is 89.3 Å². The summed E-state index contributed by atoms with van der Waals surface area (Å²) in [6, 6.07) is 25.9. The number of benzene rings is 3. The number of aromatic nitrogens is 1. The summed E-state index contributed by atoms with van der Waals surface area (Å²) >= 11 is 0. The van der Waals surface area contributed by atoms with Crippen LogP contribution in [-0.4, -0.2) is 11.0 Å². The van der Waals surface area contributed by atoms with E-state index in [4.69, 9.17) is 4.42 Å². The summed E-state index contributed by atoms with van der Waals surface area (Å²) in [6.45, 7) is 0. The molecule has 0 amide bonds. The third-order valence-electron chi connectivity index (χ3n) is 4.08. The van der Waals surface area contributed by atoms with Gasteiger partial charge in [0.1, 0.15) is 5.69 Å². The van der Waals surface area contributed by atoms with Crippen molar-refractivity contribution >= 4 is 5.97 Å². The number of aromatic carboxylic acids is 1. The van der Waals surface area contributed by atoms with E-state index in [1.807, 2.05) is 60.7 Å². The SMILES string of the molecule is O=C([O-])c1ccc(-c2nc(-c3ccccc3)c(-c3ccccc3)o2)cc1. The zero-order valence-electron chi connectivity index (χ0n) is 13.8. The van der Waals surface area contributed by atoms with Crippen LogP contribution in [0, 0.1) is 0 Å². The molecule has 0 bridgehead atoms. The number of carbonyl (C=O) groups excluding carboxylic acids is 1. The highest BCUT2D eigenvalue weighted by atomic mass is 16.4. The first-order chi connectivity index (χ1) is 12.7. The van der Waals surface area contributed by atoms with Crippen molar-refractivity contribution < 1.29 is 14.3 Å². The maximum Gasteiger partial charge on any atom is 0.227 e. The topological polar surface area (TPSA) is 66.2 Å². The molecule has 0 aliphatic carbocycles. The third-order valence-corrected chi connectivity index (χ3v) is 4.08. The van der Waals surface area contributed by atoms with E-state index in [0.29, 0.717) is 17.2 Å². The Bertz CT molecular complexity index is 979. The van der Waals surface area contributed by atoms with Crippen LogP contribution in [-0.2, 0) is 0 Å². The van der Waals surface area contributed by atoms with Crippen LogP contribution >= 0.6 is 0 Å². The Morgan fingerprint density at radius 2 is 1.31 bits per heavy atom. The first-order valence-electron chi connectivity index (χ1n) is 8.16. The van der Waals surface area contributed by atoms with E-state index >= 15 is 0 Å². The molecule has 0 aliphatic heterocycles. The highest BCUT2D eigenvalue weighted by molar-refractivity contribution is 5.86. The third kappa shape index (κ3) is 3.00. The fourth-order valence-electron chi connectivity index (χ4n) is 2.77. The van der Waals surface area contributed by atoms with Crippen LogP contribution in [0.5, 0.6) is 0 Å². The van der Waals surface area contributed by atoms with Crippen LogP contribution in [0.25, 0.3) is 34.0 Å². The average Bonchev–Trinajstić information content (AvgIpc) is 3.15. The molecule has 0 N–H and O–H groups in total. The lowest BCUT2D eigenvalue weighted by molar-refractivity contribution is -0.255. The Balaban J connectivity index is 1.85. The molecule has 0 atom stereocenters. The Morgan fingerprint density at radius 1 is 0.731 bits per heavy atom. The molecule has 26 heavy (non-hydrogen) atoms. The molecule has 0 unspecified atom stereocenters. The van der Waals surface area contributed by atoms with Gasteiger partial charge in [0.15, 0.2) is 5.76 Å². The van der Waals surface area contributed by atoms with Crippen LogP contribution in [0.4, 0.5) is 0 Å². The van der Waals surface area contributed by atoms with Crippen molar-refractivity contribution in [2.24, 2.45) is 0 Å². The number of oxazole rings is 1. The van der Waals surface area contributed by atoms with Crippen molar-refractivity contribution in [2.75, 3.05) is 0 Å². The lowest BCUT2D eigenvalue weighted by Gasteiger charge is -2.02. The molecular formula is C22H14NO3-. The summed E-state index contributed by atoms with van der Waals surface area (Å²) in [5, 5.41) is 10.9. The van der Waals surface area contributed by atoms with E-state index in [9.17, 15) is 9.90 Å². The maximum atomic E-state index is 10.9. The second-order valence-corrected chi connectivity index (χ2v) is 5.79. The quantitative estimate of drug-likeness (QED) is 0.562. The van der Waals surface area contributed by atoms with Gasteiger partial charge in [0.05, 0.1) is 5.97 Å². The Morgan fingerprint density at radius 3 is 1.88 bits per heavy atom.